The first-order chi connectivity index (χ1) is 8.63. The SMILES string of the molecule is CCN(C(=O)c1ccc(NC)nn1)C(C)COC. The fourth-order valence-corrected chi connectivity index (χ4v) is 1.71. The number of carbonyl (C=O) groups is 1. The fraction of sp³-hybridized carbons (Fsp3) is 0.583. The van der Waals surface area contributed by atoms with Gasteiger partial charge in [0.2, 0.25) is 0 Å². The van der Waals surface area contributed by atoms with Crippen LogP contribution >= 0.6 is 0 Å². The molecule has 1 unspecified atom stereocenters. The van der Waals surface area contributed by atoms with Gasteiger partial charge in [-0.3, -0.25) is 4.79 Å². The van der Waals surface area contributed by atoms with E-state index in [9.17, 15) is 4.79 Å². The van der Waals surface area contributed by atoms with Crippen LogP contribution in [-0.4, -0.2) is 54.4 Å². The molecule has 0 saturated carbocycles. The number of amides is 1. The van der Waals surface area contributed by atoms with Crippen molar-refractivity contribution in [3.63, 3.8) is 0 Å². The Morgan fingerprint density at radius 3 is 2.67 bits per heavy atom. The Kier molecular flexibility index (Phi) is 5.51. The molecule has 1 atom stereocenters. The maximum Gasteiger partial charge on any atom is 0.274 e. The Balaban J connectivity index is 2.82. The Hall–Kier alpha value is -1.69. The third kappa shape index (κ3) is 3.40. The monoisotopic (exact) mass is 252 g/mol. The molecule has 0 spiro atoms. The largest absolute Gasteiger partial charge is 0.383 e. The van der Waals surface area contributed by atoms with E-state index in [1.807, 2.05) is 13.8 Å². The molecule has 0 radical (unpaired) electrons. The van der Waals surface area contributed by atoms with Gasteiger partial charge in [0.15, 0.2) is 5.69 Å². The van der Waals surface area contributed by atoms with Crippen LogP contribution in [0.25, 0.3) is 0 Å². The molecule has 6 heteroatoms. The molecule has 1 rings (SSSR count). The van der Waals surface area contributed by atoms with Gasteiger partial charge < -0.3 is 15.0 Å². The standard InChI is InChI=1S/C12H20N4O2/c1-5-16(9(2)8-18-4)12(17)10-6-7-11(13-3)15-14-10/h6-7,9H,5,8H2,1-4H3,(H,13,15). The van der Waals surface area contributed by atoms with Crippen molar-refractivity contribution < 1.29 is 9.53 Å². The third-order valence-electron chi connectivity index (χ3n) is 2.68. The lowest BCUT2D eigenvalue weighted by molar-refractivity contribution is 0.0572. The molecule has 0 aromatic carbocycles. The second-order valence-electron chi connectivity index (χ2n) is 3.95. The van der Waals surface area contributed by atoms with Crippen molar-refractivity contribution in [2.75, 3.05) is 32.6 Å². The molecule has 0 saturated heterocycles. The van der Waals surface area contributed by atoms with Crippen molar-refractivity contribution in [2.45, 2.75) is 19.9 Å². The average molecular weight is 252 g/mol. The molecule has 0 aliphatic heterocycles. The highest BCUT2D eigenvalue weighted by atomic mass is 16.5. The predicted octanol–water partition coefficient (Wildman–Crippen LogP) is 1.02. The highest BCUT2D eigenvalue weighted by molar-refractivity contribution is 5.92. The zero-order valence-electron chi connectivity index (χ0n) is 11.3. The van der Waals surface area contributed by atoms with Gasteiger partial charge in [-0.15, -0.1) is 10.2 Å². The minimum Gasteiger partial charge on any atom is -0.383 e. The maximum atomic E-state index is 12.2. The van der Waals surface area contributed by atoms with Crippen molar-refractivity contribution in [3.8, 4) is 0 Å². The van der Waals surface area contributed by atoms with Crippen LogP contribution in [0.1, 0.15) is 24.3 Å². The summed E-state index contributed by atoms with van der Waals surface area (Å²) in [6.45, 7) is 4.99. The molecular weight excluding hydrogens is 232 g/mol. The van der Waals surface area contributed by atoms with E-state index in [-0.39, 0.29) is 11.9 Å². The van der Waals surface area contributed by atoms with E-state index in [0.29, 0.717) is 24.7 Å². The summed E-state index contributed by atoms with van der Waals surface area (Å²) < 4.78 is 5.07. The number of hydrogen-bond donors (Lipinski definition) is 1. The van der Waals surface area contributed by atoms with E-state index in [4.69, 9.17) is 4.74 Å². The zero-order valence-corrected chi connectivity index (χ0v) is 11.3. The van der Waals surface area contributed by atoms with E-state index >= 15 is 0 Å². The van der Waals surface area contributed by atoms with Gasteiger partial charge in [-0.05, 0) is 26.0 Å². The molecule has 18 heavy (non-hydrogen) atoms. The highest BCUT2D eigenvalue weighted by Crippen LogP contribution is 2.08. The minimum absolute atomic E-state index is 0.0123. The number of hydrogen-bond acceptors (Lipinski definition) is 5. The lowest BCUT2D eigenvalue weighted by Crippen LogP contribution is -2.41. The summed E-state index contributed by atoms with van der Waals surface area (Å²) in [5.74, 6) is 0.511. The van der Waals surface area contributed by atoms with Gasteiger partial charge in [0.1, 0.15) is 5.82 Å². The smallest absolute Gasteiger partial charge is 0.274 e. The molecule has 0 bridgehead atoms. The van der Waals surface area contributed by atoms with E-state index in [1.54, 1.807) is 31.2 Å². The number of carbonyl (C=O) groups excluding carboxylic acids is 1. The van der Waals surface area contributed by atoms with Gasteiger partial charge in [0.25, 0.3) is 5.91 Å². The van der Waals surface area contributed by atoms with Crippen molar-refractivity contribution >= 4 is 11.7 Å². The van der Waals surface area contributed by atoms with Gasteiger partial charge in [0.05, 0.1) is 12.6 Å². The van der Waals surface area contributed by atoms with Crippen molar-refractivity contribution in [1.82, 2.24) is 15.1 Å². The fourth-order valence-electron chi connectivity index (χ4n) is 1.71. The molecule has 1 heterocycles. The molecule has 100 valence electrons. The second kappa shape index (κ2) is 6.90. The van der Waals surface area contributed by atoms with Crippen molar-refractivity contribution in [2.24, 2.45) is 0 Å². The maximum absolute atomic E-state index is 12.2. The van der Waals surface area contributed by atoms with E-state index in [2.05, 4.69) is 15.5 Å². The molecule has 0 fully saturated rings. The predicted molar refractivity (Wildman–Crippen MR) is 69.6 cm³/mol. The van der Waals surface area contributed by atoms with Gasteiger partial charge in [-0.1, -0.05) is 0 Å². The summed E-state index contributed by atoms with van der Waals surface area (Å²) >= 11 is 0. The summed E-state index contributed by atoms with van der Waals surface area (Å²) in [5.41, 5.74) is 0.346. The second-order valence-corrected chi connectivity index (χ2v) is 3.95. The summed E-state index contributed by atoms with van der Waals surface area (Å²) in [5, 5.41) is 10.7. The molecule has 1 aromatic heterocycles. The van der Waals surface area contributed by atoms with Crippen LogP contribution in [0.4, 0.5) is 5.82 Å². The van der Waals surface area contributed by atoms with Crippen molar-refractivity contribution in [1.29, 1.82) is 0 Å². The highest BCUT2D eigenvalue weighted by Gasteiger charge is 2.21. The minimum atomic E-state index is -0.128. The van der Waals surface area contributed by atoms with Crippen LogP contribution in [-0.2, 0) is 4.74 Å². The van der Waals surface area contributed by atoms with Crippen LogP contribution in [0.3, 0.4) is 0 Å². The number of methoxy groups -OCH3 is 1. The van der Waals surface area contributed by atoms with E-state index in [0.717, 1.165) is 0 Å². The normalized spacial score (nSPS) is 12.0. The summed E-state index contributed by atoms with van der Waals surface area (Å²) in [6.07, 6.45) is 0. The quantitative estimate of drug-likeness (QED) is 0.818. The van der Waals surface area contributed by atoms with Crippen LogP contribution in [0.5, 0.6) is 0 Å². The molecular formula is C12H20N4O2. The summed E-state index contributed by atoms with van der Waals surface area (Å²) in [7, 11) is 3.38. The van der Waals surface area contributed by atoms with Crippen molar-refractivity contribution in [3.05, 3.63) is 17.8 Å². The Morgan fingerprint density at radius 2 is 2.22 bits per heavy atom. The first kappa shape index (κ1) is 14.4. The number of anilines is 1. The molecule has 0 aliphatic rings. The van der Waals surface area contributed by atoms with Gasteiger partial charge in [0, 0.05) is 20.7 Å². The van der Waals surface area contributed by atoms with Crippen LogP contribution in [0.2, 0.25) is 0 Å². The Labute approximate surface area is 107 Å². The topological polar surface area (TPSA) is 67.4 Å². The summed E-state index contributed by atoms with van der Waals surface area (Å²) in [6, 6.07) is 3.41. The van der Waals surface area contributed by atoms with Gasteiger partial charge in [-0.2, -0.15) is 0 Å². The van der Waals surface area contributed by atoms with Gasteiger partial charge in [-0.25, -0.2) is 0 Å². The lowest BCUT2D eigenvalue weighted by Gasteiger charge is -2.27. The lowest BCUT2D eigenvalue weighted by atomic mass is 10.2. The first-order valence-corrected chi connectivity index (χ1v) is 5.95. The van der Waals surface area contributed by atoms with E-state index < -0.39 is 0 Å². The molecule has 1 N–H and O–H groups in total. The Bertz CT molecular complexity index is 380. The molecule has 1 aromatic rings. The number of ether oxygens (including phenoxy) is 1. The van der Waals surface area contributed by atoms with E-state index in [1.165, 1.54) is 0 Å². The number of nitrogens with one attached hydrogen (secondary N) is 1. The third-order valence-corrected chi connectivity index (χ3v) is 2.68. The van der Waals surface area contributed by atoms with Crippen LogP contribution < -0.4 is 5.32 Å². The van der Waals surface area contributed by atoms with Crippen LogP contribution in [0, 0.1) is 0 Å². The number of likely N-dealkylation sites (N-methyl/N-ethyl adjacent to an activating group) is 1. The zero-order chi connectivity index (χ0) is 13.5. The average Bonchev–Trinajstić information content (AvgIpc) is 2.40. The van der Waals surface area contributed by atoms with Crippen LogP contribution in [0.15, 0.2) is 12.1 Å². The summed E-state index contributed by atoms with van der Waals surface area (Å²) in [4.78, 5) is 14.0. The Morgan fingerprint density at radius 1 is 1.50 bits per heavy atom. The molecule has 0 aliphatic carbocycles. The number of rotatable bonds is 6. The first-order valence-electron chi connectivity index (χ1n) is 5.95. The number of aromatic nitrogens is 2. The molecule has 6 nitrogen and oxygen atoms in total. The molecule has 1 amide bonds. The number of nitrogens with zero attached hydrogens (tertiary/aromatic N) is 3. The van der Waals surface area contributed by atoms with Gasteiger partial charge >= 0.3 is 0 Å².